The lowest BCUT2D eigenvalue weighted by molar-refractivity contribution is 0.403. The Morgan fingerprint density at radius 1 is 1.31 bits per heavy atom. The van der Waals surface area contributed by atoms with Gasteiger partial charge in [-0.1, -0.05) is 31.5 Å². The molecule has 0 unspecified atom stereocenters. The van der Waals surface area contributed by atoms with E-state index in [9.17, 15) is 5.11 Å². The molecule has 2 nitrogen and oxygen atoms in total. The molecule has 0 aromatic heterocycles. The van der Waals surface area contributed by atoms with Crippen LogP contribution in [0.1, 0.15) is 19.4 Å². The number of benzene rings is 1. The van der Waals surface area contributed by atoms with Crippen molar-refractivity contribution in [2.24, 2.45) is 5.92 Å². The molecule has 0 aliphatic carbocycles. The van der Waals surface area contributed by atoms with Crippen LogP contribution in [0, 0.1) is 5.92 Å². The van der Waals surface area contributed by atoms with E-state index in [0.717, 1.165) is 12.0 Å². The topological polar surface area (TPSA) is 40.5 Å². The molecular weight excluding hydrogens is 188 g/mol. The first-order valence-corrected chi connectivity index (χ1v) is 4.59. The third-order valence-electron chi connectivity index (χ3n) is 1.80. The van der Waals surface area contributed by atoms with E-state index in [-0.39, 0.29) is 16.5 Å². The summed E-state index contributed by atoms with van der Waals surface area (Å²) in [7, 11) is 0. The standard InChI is InChI=1S/C10H13ClO2/c1-6(2)5-7-3-4-8(12)10(13)9(7)11/h3-4,6,12-13H,5H2,1-2H3. The van der Waals surface area contributed by atoms with E-state index in [1.54, 1.807) is 6.07 Å². The lowest BCUT2D eigenvalue weighted by Gasteiger charge is -2.09. The Morgan fingerprint density at radius 2 is 1.92 bits per heavy atom. The Kier molecular flexibility index (Phi) is 3.04. The SMILES string of the molecule is CC(C)Cc1ccc(O)c(O)c1Cl. The molecule has 0 saturated heterocycles. The molecule has 0 aliphatic heterocycles. The van der Waals surface area contributed by atoms with Gasteiger partial charge in [-0.2, -0.15) is 0 Å². The molecule has 0 atom stereocenters. The molecule has 0 heterocycles. The van der Waals surface area contributed by atoms with Crippen molar-refractivity contribution in [1.29, 1.82) is 0 Å². The highest BCUT2D eigenvalue weighted by molar-refractivity contribution is 6.33. The normalized spacial score (nSPS) is 10.8. The van der Waals surface area contributed by atoms with Crippen molar-refractivity contribution >= 4 is 11.6 Å². The van der Waals surface area contributed by atoms with Gasteiger partial charge in [0.15, 0.2) is 11.5 Å². The van der Waals surface area contributed by atoms with Gasteiger partial charge in [0.1, 0.15) is 0 Å². The predicted octanol–water partition coefficient (Wildman–Crippen LogP) is 2.95. The van der Waals surface area contributed by atoms with Crippen molar-refractivity contribution in [2.75, 3.05) is 0 Å². The first-order chi connectivity index (χ1) is 6.02. The molecule has 0 aliphatic rings. The van der Waals surface area contributed by atoms with Crippen LogP contribution in [-0.4, -0.2) is 10.2 Å². The minimum absolute atomic E-state index is 0.169. The molecule has 0 amide bonds. The summed E-state index contributed by atoms with van der Waals surface area (Å²) >= 11 is 5.83. The minimum Gasteiger partial charge on any atom is -0.504 e. The van der Waals surface area contributed by atoms with E-state index in [0.29, 0.717) is 5.92 Å². The molecule has 13 heavy (non-hydrogen) atoms. The van der Waals surface area contributed by atoms with E-state index >= 15 is 0 Å². The molecule has 3 heteroatoms. The zero-order valence-electron chi connectivity index (χ0n) is 7.71. The first-order valence-electron chi connectivity index (χ1n) is 4.21. The van der Waals surface area contributed by atoms with E-state index in [2.05, 4.69) is 13.8 Å². The van der Waals surface area contributed by atoms with Gasteiger partial charge < -0.3 is 10.2 Å². The smallest absolute Gasteiger partial charge is 0.176 e. The summed E-state index contributed by atoms with van der Waals surface area (Å²) in [4.78, 5) is 0. The van der Waals surface area contributed by atoms with Gasteiger partial charge in [-0.05, 0) is 24.0 Å². The Labute approximate surface area is 82.8 Å². The summed E-state index contributed by atoms with van der Waals surface area (Å²) in [6, 6.07) is 3.19. The highest BCUT2D eigenvalue weighted by atomic mass is 35.5. The van der Waals surface area contributed by atoms with Gasteiger partial charge in [-0.3, -0.25) is 0 Å². The number of aromatic hydroxyl groups is 2. The molecular formula is C10H13ClO2. The number of hydrogen-bond acceptors (Lipinski definition) is 2. The first kappa shape index (κ1) is 10.2. The summed E-state index contributed by atoms with van der Waals surface area (Å²) in [5, 5.41) is 18.7. The monoisotopic (exact) mass is 200 g/mol. The van der Waals surface area contributed by atoms with Crippen LogP contribution in [-0.2, 0) is 6.42 Å². The fraction of sp³-hybridized carbons (Fsp3) is 0.400. The van der Waals surface area contributed by atoms with Crippen LogP contribution in [0.3, 0.4) is 0 Å². The quantitative estimate of drug-likeness (QED) is 0.721. The zero-order valence-corrected chi connectivity index (χ0v) is 8.47. The Morgan fingerprint density at radius 3 is 2.46 bits per heavy atom. The van der Waals surface area contributed by atoms with Gasteiger partial charge >= 0.3 is 0 Å². The fourth-order valence-corrected chi connectivity index (χ4v) is 1.43. The predicted molar refractivity (Wildman–Crippen MR) is 53.3 cm³/mol. The van der Waals surface area contributed by atoms with Crippen molar-refractivity contribution in [2.45, 2.75) is 20.3 Å². The van der Waals surface area contributed by atoms with Gasteiger partial charge in [0.2, 0.25) is 0 Å². The van der Waals surface area contributed by atoms with Crippen molar-refractivity contribution in [3.63, 3.8) is 0 Å². The van der Waals surface area contributed by atoms with Crippen molar-refractivity contribution < 1.29 is 10.2 Å². The third kappa shape index (κ3) is 2.28. The van der Waals surface area contributed by atoms with Crippen LogP contribution in [0.25, 0.3) is 0 Å². The Bertz CT molecular complexity index is 308. The fourth-order valence-electron chi connectivity index (χ4n) is 1.19. The second-order valence-electron chi connectivity index (χ2n) is 3.50. The molecule has 0 fully saturated rings. The lowest BCUT2D eigenvalue weighted by Crippen LogP contribution is -1.94. The maximum Gasteiger partial charge on any atom is 0.176 e. The summed E-state index contributed by atoms with van der Waals surface area (Å²) in [5.41, 5.74) is 0.868. The van der Waals surface area contributed by atoms with Crippen molar-refractivity contribution in [3.05, 3.63) is 22.7 Å². The number of halogens is 1. The van der Waals surface area contributed by atoms with Gasteiger partial charge in [0.25, 0.3) is 0 Å². The van der Waals surface area contributed by atoms with Crippen LogP contribution in [0.5, 0.6) is 11.5 Å². The summed E-state index contributed by atoms with van der Waals surface area (Å²) in [5.74, 6) is 0.0822. The van der Waals surface area contributed by atoms with E-state index in [1.807, 2.05) is 0 Å². The van der Waals surface area contributed by atoms with Crippen LogP contribution in [0.15, 0.2) is 12.1 Å². The summed E-state index contributed by atoms with van der Waals surface area (Å²) in [6.45, 7) is 4.14. The van der Waals surface area contributed by atoms with E-state index < -0.39 is 0 Å². The van der Waals surface area contributed by atoms with Crippen LogP contribution in [0.2, 0.25) is 5.02 Å². The Balaban J connectivity index is 3.04. The summed E-state index contributed by atoms with van der Waals surface area (Å²) in [6.07, 6.45) is 0.798. The lowest BCUT2D eigenvalue weighted by atomic mass is 10.0. The summed E-state index contributed by atoms with van der Waals surface area (Å²) < 4.78 is 0. The minimum atomic E-state index is -0.222. The third-order valence-corrected chi connectivity index (χ3v) is 2.22. The second kappa shape index (κ2) is 3.88. The van der Waals surface area contributed by atoms with Gasteiger partial charge in [-0.25, -0.2) is 0 Å². The van der Waals surface area contributed by atoms with Gasteiger partial charge in [-0.15, -0.1) is 0 Å². The number of phenolic OH excluding ortho intramolecular Hbond substituents is 2. The maximum absolute atomic E-state index is 9.32. The molecule has 2 N–H and O–H groups in total. The Hall–Kier alpha value is -0.890. The maximum atomic E-state index is 9.32. The number of rotatable bonds is 2. The number of hydrogen-bond donors (Lipinski definition) is 2. The average Bonchev–Trinajstić information content (AvgIpc) is 2.06. The highest BCUT2D eigenvalue weighted by Gasteiger charge is 2.10. The largest absolute Gasteiger partial charge is 0.504 e. The van der Waals surface area contributed by atoms with E-state index in [4.69, 9.17) is 16.7 Å². The molecule has 0 radical (unpaired) electrons. The second-order valence-corrected chi connectivity index (χ2v) is 3.88. The molecule has 0 saturated carbocycles. The molecule has 72 valence electrons. The van der Waals surface area contributed by atoms with Gasteiger partial charge in [0, 0.05) is 0 Å². The van der Waals surface area contributed by atoms with Gasteiger partial charge in [0.05, 0.1) is 5.02 Å². The average molecular weight is 201 g/mol. The van der Waals surface area contributed by atoms with E-state index in [1.165, 1.54) is 6.07 Å². The molecule has 1 rings (SSSR count). The van der Waals surface area contributed by atoms with Crippen LogP contribution >= 0.6 is 11.6 Å². The molecule has 0 bridgehead atoms. The molecule has 0 spiro atoms. The van der Waals surface area contributed by atoms with Crippen LogP contribution < -0.4 is 0 Å². The van der Waals surface area contributed by atoms with Crippen molar-refractivity contribution in [1.82, 2.24) is 0 Å². The molecule has 1 aromatic rings. The number of phenols is 2. The highest BCUT2D eigenvalue weighted by Crippen LogP contribution is 2.36. The zero-order chi connectivity index (χ0) is 10.0. The van der Waals surface area contributed by atoms with Crippen molar-refractivity contribution in [3.8, 4) is 11.5 Å². The molecule has 1 aromatic carbocycles. The van der Waals surface area contributed by atoms with Crippen LogP contribution in [0.4, 0.5) is 0 Å².